The average Bonchev–Trinajstić information content (AvgIpc) is 2.46. The zero-order valence-corrected chi connectivity index (χ0v) is 10.2. The summed E-state index contributed by atoms with van der Waals surface area (Å²) in [6.07, 6.45) is 1.16. The second-order valence-electron chi connectivity index (χ2n) is 3.87. The van der Waals surface area contributed by atoms with Gasteiger partial charge >= 0.3 is 0 Å². The molecule has 1 nitrogen and oxygen atoms in total. The van der Waals surface area contributed by atoms with Gasteiger partial charge in [-0.25, -0.2) is 4.39 Å². The summed E-state index contributed by atoms with van der Waals surface area (Å²) in [5, 5.41) is 0. The lowest BCUT2D eigenvalue weighted by atomic mass is 10.0. The van der Waals surface area contributed by atoms with Crippen LogP contribution in [0, 0.1) is 17.7 Å². The molecule has 0 aliphatic carbocycles. The number of carbonyl (C=O) groups excluding carboxylic acids is 1. The fraction of sp³-hybridized carbons (Fsp3) is 0. The van der Waals surface area contributed by atoms with Gasteiger partial charge in [-0.05, 0) is 36.4 Å². The van der Waals surface area contributed by atoms with E-state index >= 15 is 0 Å². The molecule has 0 atom stereocenters. The standard InChI is InChI=1S/C17H11FO/c1-2-17(19)16-12-15(18)11-10-14(16)9-8-13-6-4-3-5-7-13/h2-7,10-12H,1H2. The highest BCUT2D eigenvalue weighted by molar-refractivity contribution is 6.06. The molecule has 0 fully saturated rings. The van der Waals surface area contributed by atoms with Gasteiger partial charge in [0.25, 0.3) is 0 Å². The number of benzene rings is 2. The van der Waals surface area contributed by atoms with Crippen LogP contribution >= 0.6 is 0 Å². The summed E-state index contributed by atoms with van der Waals surface area (Å²) in [5.41, 5.74) is 1.57. The molecule has 2 aromatic rings. The molecule has 0 spiro atoms. The summed E-state index contributed by atoms with van der Waals surface area (Å²) in [7, 11) is 0. The molecule has 0 bridgehead atoms. The Labute approximate surface area is 111 Å². The number of halogens is 1. The van der Waals surface area contributed by atoms with E-state index < -0.39 is 5.82 Å². The number of hydrogen-bond donors (Lipinski definition) is 0. The fourth-order valence-corrected chi connectivity index (χ4v) is 1.60. The Morgan fingerprint density at radius 1 is 1.11 bits per heavy atom. The minimum Gasteiger partial charge on any atom is -0.289 e. The van der Waals surface area contributed by atoms with Gasteiger partial charge < -0.3 is 0 Å². The maximum absolute atomic E-state index is 13.2. The lowest BCUT2D eigenvalue weighted by molar-refractivity contribution is 0.104. The first-order chi connectivity index (χ1) is 9.20. The summed E-state index contributed by atoms with van der Waals surface area (Å²) >= 11 is 0. The van der Waals surface area contributed by atoms with Gasteiger partial charge in [0.2, 0.25) is 0 Å². The van der Waals surface area contributed by atoms with Crippen LogP contribution < -0.4 is 0 Å². The molecule has 0 heterocycles. The molecule has 0 saturated heterocycles. The van der Waals surface area contributed by atoms with Crippen molar-refractivity contribution in [1.82, 2.24) is 0 Å². The van der Waals surface area contributed by atoms with E-state index in [2.05, 4.69) is 18.4 Å². The van der Waals surface area contributed by atoms with Gasteiger partial charge in [-0.3, -0.25) is 4.79 Å². The highest BCUT2D eigenvalue weighted by Gasteiger charge is 2.08. The molecule has 0 radical (unpaired) electrons. The molecule has 2 heteroatoms. The summed E-state index contributed by atoms with van der Waals surface area (Å²) in [5.74, 6) is 5.03. The van der Waals surface area contributed by atoms with Crippen molar-refractivity contribution in [1.29, 1.82) is 0 Å². The first-order valence-corrected chi connectivity index (χ1v) is 5.74. The average molecular weight is 250 g/mol. The number of rotatable bonds is 2. The van der Waals surface area contributed by atoms with E-state index in [4.69, 9.17) is 0 Å². The van der Waals surface area contributed by atoms with Crippen LogP contribution in [0.1, 0.15) is 21.5 Å². The Kier molecular flexibility index (Phi) is 3.90. The van der Waals surface area contributed by atoms with Crippen molar-refractivity contribution in [3.8, 4) is 11.8 Å². The van der Waals surface area contributed by atoms with Crippen LogP contribution in [-0.2, 0) is 0 Å². The van der Waals surface area contributed by atoms with Crippen molar-refractivity contribution in [2.75, 3.05) is 0 Å². The van der Waals surface area contributed by atoms with Crippen LogP contribution in [0.2, 0.25) is 0 Å². The van der Waals surface area contributed by atoms with Crippen molar-refractivity contribution in [3.05, 3.63) is 83.7 Å². The van der Waals surface area contributed by atoms with Crippen molar-refractivity contribution in [2.45, 2.75) is 0 Å². The van der Waals surface area contributed by atoms with Crippen molar-refractivity contribution >= 4 is 5.78 Å². The predicted octanol–water partition coefficient (Wildman–Crippen LogP) is 3.59. The molecule has 2 rings (SSSR count). The Hall–Kier alpha value is -2.66. The molecule has 0 saturated carbocycles. The zero-order valence-electron chi connectivity index (χ0n) is 10.2. The van der Waals surface area contributed by atoms with E-state index in [1.54, 1.807) is 0 Å². The number of allylic oxidation sites excluding steroid dienone is 1. The van der Waals surface area contributed by atoms with Crippen molar-refractivity contribution in [3.63, 3.8) is 0 Å². The Morgan fingerprint density at radius 2 is 1.84 bits per heavy atom. The normalized spacial score (nSPS) is 9.32. The topological polar surface area (TPSA) is 17.1 Å². The molecule has 0 N–H and O–H groups in total. The minimum atomic E-state index is -0.463. The van der Waals surface area contributed by atoms with Gasteiger partial charge in [-0.2, -0.15) is 0 Å². The maximum atomic E-state index is 13.2. The zero-order chi connectivity index (χ0) is 13.7. The summed E-state index contributed by atoms with van der Waals surface area (Å²) < 4.78 is 13.2. The molecule has 0 amide bonds. The molecule has 0 unspecified atom stereocenters. The lowest BCUT2D eigenvalue weighted by Gasteiger charge is -2.00. The highest BCUT2D eigenvalue weighted by atomic mass is 19.1. The monoisotopic (exact) mass is 250 g/mol. The van der Waals surface area contributed by atoms with Crippen LogP contribution in [0.25, 0.3) is 0 Å². The fourth-order valence-electron chi connectivity index (χ4n) is 1.60. The molecule has 92 valence electrons. The minimum absolute atomic E-state index is 0.235. The van der Waals surface area contributed by atoms with E-state index in [0.717, 1.165) is 11.6 Å². The molecule has 0 aliphatic rings. The number of ketones is 1. The second-order valence-corrected chi connectivity index (χ2v) is 3.87. The second kappa shape index (κ2) is 5.79. The van der Waals surface area contributed by atoms with Gasteiger partial charge in [-0.15, -0.1) is 0 Å². The third-order valence-electron chi connectivity index (χ3n) is 2.55. The molecule has 0 aromatic heterocycles. The molecule has 0 aliphatic heterocycles. The first kappa shape index (κ1) is 12.8. The first-order valence-electron chi connectivity index (χ1n) is 5.74. The van der Waals surface area contributed by atoms with Gasteiger partial charge in [-0.1, -0.05) is 36.6 Å². The molecule has 19 heavy (non-hydrogen) atoms. The van der Waals surface area contributed by atoms with E-state index in [1.807, 2.05) is 30.3 Å². The Balaban J connectivity index is 2.44. The Bertz CT molecular complexity index is 675. The van der Waals surface area contributed by atoms with E-state index in [0.29, 0.717) is 5.56 Å². The van der Waals surface area contributed by atoms with Gasteiger partial charge in [0.05, 0.1) is 0 Å². The highest BCUT2D eigenvalue weighted by Crippen LogP contribution is 2.12. The lowest BCUT2D eigenvalue weighted by Crippen LogP contribution is -1.99. The SMILES string of the molecule is C=CC(=O)c1cc(F)ccc1C#Cc1ccccc1. The molecular formula is C17H11FO. The van der Waals surface area contributed by atoms with E-state index in [-0.39, 0.29) is 11.3 Å². The van der Waals surface area contributed by atoms with Crippen LogP contribution in [0.5, 0.6) is 0 Å². The third kappa shape index (κ3) is 3.17. The van der Waals surface area contributed by atoms with Crippen molar-refractivity contribution in [2.24, 2.45) is 0 Å². The van der Waals surface area contributed by atoms with Gasteiger partial charge in [0, 0.05) is 16.7 Å². The summed E-state index contributed by atoms with van der Waals surface area (Å²) in [4.78, 5) is 11.6. The van der Waals surface area contributed by atoms with E-state index in [9.17, 15) is 9.18 Å². The van der Waals surface area contributed by atoms with Crippen LogP contribution in [0.4, 0.5) is 4.39 Å². The maximum Gasteiger partial charge on any atom is 0.186 e. The number of hydrogen-bond acceptors (Lipinski definition) is 1. The molecular weight excluding hydrogens is 239 g/mol. The van der Waals surface area contributed by atoms with Gasteiger partial charge in [0.15, 0.2) is 5.78 Å². The largest absolute Gasteiger partial charge is 0.289 e. The van der Waals surface area contributed by atoms with Crippen LogP contribution in [0.3, 0.4) is 0 Å². The third-order valence-corrected chi connectivity index (χ3v) is 2.55. The van der Waals surface area contributed by atoms with E-state index in [1.165, 1.54) is 18.2 Å². The number of carbonyl (C=O) groups is 1. The smallest absolute Gasteiger partial charge is 0.186 e. The summed E-state index contributed by atoms with van der Waals surface area (Å²) in [6, 6.07) is 13.4. The quantitative estimate of drug-likeness (QED) is 0.452. The predicted molar refractivity (Wildman–Crippen MR) is 73.3 cm³/mol. The molecule has 2 aromatic carbocycles. The van der Waals surface area contributed by atoms with Crippen LogP contribution in [0.15, 0.2) is 61.2 Å². The van der Waals surface area contributed by atoms with Crippen LogP contribution in [-0.4, -0.2) is 5.78 Å². The Morgan fingerprint density at radius 3 is 2.53 bits per heavy atom. The van der Waals surface area contributed by atoms with Crippen molar-refractivity contribution < 1.29 is 9.18 Å². The summed E-state index contributed by atoms with van der Waals surface area (Å²) in [6.45, 7) is 3.41. The van der Waals surface area contributed by atoms with Gasteiger partial charge in [0.1, 0.15) is 5.82 Å².